The molecule has 1 aromatic heterocycles. The molecule has 0 aliphatic carbocycles. The normalized spacial score (nSPS) is 11.0. The number of alkyl halides is 2. The Balaban J connectivity index is 0.00000289. The molecule has 18 heavy (non-hydrogen) atoms. The maximum Gasteiger partial charge on any atom is 0.333 e. The van der Waals surface area contributed by atoms with Gasteiger partial charge in [-0.25, -0.2) is 4.68 Å². The first-order valence-corrected chi connectivity index (χ1v) is 5.74. The highest BCUT2D eigenvalue weighted by Gasteiger charge is 2.10. The topological polar surface area (TPSA) is 39.1 Å². The van der Waals surface area contributed by atoms with Crippen molar-refractivity contribution < 1.29 is 13.5 Å². The van der Waals surface area contributed by atoms with Crippen molar-refractivity contribution >= 4 is 12.4 Å². The largest absolute Gasteiger partial charge is 0.379 e. The quantitative estimate of drug-likeness (QED) is 0.746. The zero-order valence-corrected chi connectivity index (χ0v) is 11.4. The average Bonchev–Trinajstić information content (AvgIpc) is 2.71. The molecule has 0 spiro atoms. The standard InChI is InChI=1S/C11H19F2N3O.ClH/c1-9(2)17-7-3-5-14-8-10-4-6-15-16(10)11(12)13;/h4,6,9,11,14H,3,5,7-8H2,1-2H3;1H. The second kappa shape index (κ2) is 9.24. The van der Waals surface area contributed by atoms with Gasteiger partial charge in [-0.3, -0.25) is 0 Å². The van der Waals surface area contributed by atoms with E-state index in [1.165, 1.54) is 6.20 Å². The summed E-state index contributed by atoms with van der Waals surface area (Å²) in [5.41, 5.74) is 0.491. The van der Waals surface area contributed by atoms with Gasteiger partial charge in [-0.2, -0.15) is 13.9 Å². The molecule has 1 N–H and O–H groups in total. The molecule has 0 radical (unpaired) electrons. The third-order valence-electron chi connectivity index (χ3n) is 2.19. The van der Waals surface area contributed by atoms with Crippen LogP contribution in [0.2, 0.25) is 0 Å². The molecule has 0 aromatic carbocycles. The van der Waals surface area contributed by atoms with Crippen LogP contribution in [0.15, 0.2) is 12.3 Å². The molecule has 0 unspecified atom stereocenters. The molecule has 0 aliphatic heterocycles. The molecule has 0 aliphatic rings. The van der Waals surface area contributed by atoms with Crippen LogP contribution in [0, 0.1) is 0 Å². The van der Waals surface area contributed by atoms with E-state index in [2.05, 4.69) is 10.4 Å². The monoisotopic (exact) mass is 283 g/mol. The molecule has 1 rings (SSSR count). The molecule has 106 valence electrons. The van der Waals surface area contributed by atoms with Crippen LogP contribution < -0.4 is 5.32 Å². The van der Waals surface area contributed by atoms with Crippen molar-refractivity contribution in [1.82, 2.24) is 15.1 Å². The van der Waals surface area contributed by atoms with Crippen LogP contribution in [0.3, 0.4) is 0 Å². The molecule has 0 amide bonds. The molecule has 1 aromatic rings. The predicted molar refractivity (Wildman–Crippen MR) is 68.1 cm³/mol. The smallest absolute Gasteiger partial charge is 0.333 e. The van der Waals surface area contributed by atoms with E-state index in [0.717, 1.165) is 17.6 Å². The van der Waals surface area contributed by atoms with Gasteiger partial charge in [0, 0.05) is 19.3 Å². The fourth-order valence-electron chi connectivity index (χ4n) is 1.39. The molecule has 0 saturated carbocycles. The SMILES string of the molecule is CC(C)OCCCNCc1ccnn1C(F)F.Cl. The highest BCUT2D eigenvalue weighted by Crippen LogP contribution is 2.11. The van der Waals surface area contributed by atoms with E-state index in [4.69, 9.17) is 4.74 Å². The van der Waals surface area contributed by atoms with Crippen molar-refractivity contribution in [3.63, 3.8) is 0 Å². The van der Waals surface area contributed by atoms with E-state index in [0.29, 0.717) is 18.8 Å². The number of aromatic nitrogens is 2. The second-order valence-electron chi connectivity index (χ2n) is 3.99. The summed E-state index contributed by atoms with van der Waals surface area (Å²) in [6, 6.07) is 1.59. The summed E-state index contributed by atoms with van der Waals surface area (Å²) >= 11 is 0. The number of nitrogens with one attached hydrogen (secondary N) is 1. The van der Waals surface area contributed by atoms with Crippen LogP contribution in [-0.4, -0.2) is 29.0 Å². The zero-order valence-electron chi connectivity index (χ0n) is 10.6. The minimum absolute atomic E-state index is 0. The first-order valence-electron chi connectivity index (χ1n) is 5.74. The van der Waals surface area contributed by atoms with Gasteiger partial charge in [-0.1, -0.05) is 0 Å². The highest BCUT2D eigenvalue weighted by molar-refractivity contribution is 5.85. The predicted octanol–water partition coefficient (Wildman–Crippen LogP) is 2.60. The highest BCUT2D eigenvalue weighted by atomic mass is 35.5. The first kappa shape index (κ1) is 17.3. The number of hydrogen-bond donors (Lipinski definition) is 1. The Bertz CT molecular complexity index is 321. The minimum Gasteiger partial charge on any atom is -0.379 e. The lowest BCUT2D eigenvalue weighted by Gasteiger charge is -2.09. The van der Waals surface area contributed by atoms with Gasteiger partial charge in [0.05, 0.1) is 11.8 Å². The molecule has 0 bridgehead atoms. The number of rotatable bonds is 8. The third kappa shape index (κ3) is 6.28. The van der Waals surface area contributed by atoms with Gasteiger partial charge in [0.1, 0.15) is 0 Å². The van der Waals surface area contributed by atoms with Gasteiger partial charge in [0.15, 0.2) is 0 Å². The summed E-state index contributed by atoms with van der Waals surface area (Å²) in [6.45, 7) is 3.20. The summed E-state index contributed by atoms with van der Waals surface area (Å²) in [7, 11) is 0. The average molecular weight is 284 g/mol. The van der Waals surface area contributed by atoms with Crippen LogP contribution in [0.5, 0.6) is 0 Å². The van der Waals surface area contributed by atoms with E-state index in [1.807, 2.05) is 13.8 Å². The number of nitrogens with zero attached hydrogens (tertiary/aromatic N) is 2. The molecule has 4 nitrogen and oxygen atoms in total. The molecule has 0 saturated heterocycles. The van der Waals surface area contributed by atoms with Gasteiger partial charge < -0.3 is 10.1 Å². The molecular weight excluding hydrogens is 264 g/mol. The summed E-state index contributed by atoms with van der Waals surface area (Å²) in [6.07, 6.45) is 2.47. The summed E-state index contributed by atoms with van der Waals surface area (Å²) in [5.74, 6) is 0. The Hall–Kier alpha value is -0.720. The lowest BCUT2D eigenvalue weighted by molar-refractivity contribution is 0.0529. The number of halogens is 3. The van der Waals surface area contributed by atoms with Gasteiger partial charge >= 0.3 is 6.55 Å². The van der Waals surface area contributed by atoms with Crippen LogP contribution in [-0.2, 0) is 11.3 Å². The van der Waals surface area contributed by atoms with E-state index >= 15 is 0 Å². The number of hydrogen-bond acceptors (Lipinski definition) is 3. The van der Waals surface area contributed by atoms with E-state index in [1.54, 1.807) is 6.07 Å². The van der Waals surface area contributed by atoms with E-state index in [-0.39, 0.29) is 18.5 Å². The molecule has 1 heterocycles. The lowest BCUT2D eigenvalue weighted by atomic mass is 10.4. The Morgan fingerprint density at radius 1 is 1.44 bits per heavy atom. The van der Waals surface area contributed by atoms with E-state index in [9.17, 15) is 8.78 Å². The maximum atomic E-state index is 12.4. The fourth-order valence-corrected chi connectivity index (χ4v) is 1.39. The van der Waals surface area contributed by atoms with Gasteiger partial charge in [-0.05, 0) is 32.9 Å². The van der Waals surface area contributed by atoms with Crippen LogP contribution in [0.4, 0.5) is 8.78 Å². The molecule has 7 heteroatoms. The maximum absolute atomic E-state index is 12.4. The summed E-state index contributed by atoms with van der Waals surface area (Å²) in [4.78, 5) is 0. The Morgan fingerprint density at radius 3 is 2.78 bits per heavy atom. The second-order valence-corrected chi connectivity index (χ2v) is 3.99. The van der Waals surface area contributed by atoms with Crippen LogP contribution in [0.1, 0.15) is 32.5 Å². The van der Waals surface area contributed by atoms with Gasteiger partial charge in [-0.15, -0.1) is 12.4 Å². The Morgan fingerprint density at radius 2 is 2.17 bits per heavy atom. The van der Waals surface area contributed by atoms with Crippen LogP contribution in [0.25, 0.3) is 0 Å². The van der Waals surface area contributed by atoms with Crippen molar-refractivity contribution in [1.29, 1.82) is 0 Å². The summed E-state index contributed by atoms with van der Waals surface area (Å²) in [5, 5.41) is 6.64. The van der Waals surface area contributed by atoms with E-state index < -0.39 is 6.55 Å². The molecular formula is C11H20ClF2N3O. The van der Waals surface area contributed by atoms with Crippen molar-refractivity contribution in [3.8, 4) is 0 Å². The minimum atomic E-state index is -2.58. The van der Waals surface area contributed by atoms with Crippen molar-refractivity contribution in [2.24, 2.45) is 0 Å². The van der Waals surface area contributed by atoms with Crippen molar-refractivity contribution in [2.75, 3.05) is 13.2 Å². The van der Waals surface area contributed by atoms with Crippen LogP contribution >= 0.6 is 12.4 Å². The lowest BCUT2D eigenvalue weighted by Crippen LogP contribution is -2.20. The first-order chi connectivity index (χ1) is 8.11. The third-order valence-corrected chi connectivity index (χ3v) is 2.19. The summed E-state index contributed by atoms with van der Waals surface area (Å²) < 4.78 is 30.9. The molecule has 0 fully saturated rings. The Labute approximate surface area is 112 Å². The molecule has 0 atom stereocenters. The van der Waals surface area contributed by atoms with Gasteiger partial charge in [0.2, 0.25) is 0 Å². The zero-order chi connectivity index (χ0) is 12.7. The number of ether oxygens (including phenoxy) is 1. The van der Waals surface area contributed by atoms with Crippen molar-refractivity contribution in [3.05, 3.63) is 18.0 Å². The Kier molecular flexibility index (Phi) is 8.87. The van der Waals surface area contributed by atoms with Gasteiger partial charge in [0.25, 0.3) is 0 Å². The fraction of sp³-hybridized carbons (Fsp3) is 0.727. The van der Waals surface area contributed by atoms with Crippen molar-refractivity contribution in [2.45, 2.75) is 39.5 Å².